The lowest BCUT2D eigenvalue weighted by atomic mass is 9.80. The summed E-state index contributed by atoms with van der Waals surface area (Å²) in [7, 11) is -12.9. The van der Waals surface area contributed by atoms with E-state index in [1.807, 2.05) is 0 Å². The molecule has 0 amide bonds. The fourth-order valence-corrected chi connectivity index (χ4v) is 38.2. The summed E-state index contributed by atoms with van der Waals surface area (Å²) in [5, 5.41) is 0. The van der Waals surface area contributed by atoms with Gasteiger partial charge in [0.25, 0.3) is 0 Å². The molecule has 0 saturated heterocycles. The monoisotopic (exact) mass is 1110 g/mol. The molecule has 7 nitrogen and oxygen atoms in total. The van der Waals surface area contributed by atoms with E-state index >= 15 is 0 Å². The molecule has 0 N–H and O–H groups in total. The minimum atomic E-state index is -3.30. The van der Waals surface area contributed by atoms with Crippen LogP contribution in [-0.4, -0.2) is 60.7 Å². The van der Waals surface area contributed by atoms with Crippen molar-refractivity contribution in [1.29, 1.82) is 0 Å². The van der Waals surface area contributed by atoms with Crippen LogP contribution in [0.15, 0.2) is 182 Å². The zero-order chi connectivity index (χ0) is 56.1. The second-order valence-corrected chi connectivity index (χ2v) is 41.4. The van der Waals surface area contributed by atoms with Crippen molar-refractivity contribution < 1.29 is 30.7 Å². The maximum Gasteiger partial charge on any atom is 0.334 e. The number of benzene rings is 6. The van der Waals surface area contributed by atoms with Crippen LogP contribution < -0.4 is 0 Å². The van der Waals surface area contributed by atoms with Gasteiger partial charge in [-0.15, -0.1) is 0 Å². The van der Waals surface area contributed by atoms with Gasteiger partial charge in [0.05, 0.1) is 26.4 Å². The van der Waals surface area contributed by atoms with Crippen LogP contribution in [0.4, 0.5) is 0 Å². The van der Waals surface area contributed by atoms with E-state index in [1.54, 1.807) is 0 Å². The molecular formula is C66H94O7Si4. The fourth-order valence-electron chi connectivity index (χ4n) is 11.9. The van der Waals surface area contributed by atoms with Crippen LogP contribution in [0.25, 0.3) is 0 Å². The molecule has 0 aliphatic heterocycles. The summed E-state index contributed by atoms with van der Waals surface area (Å²) < 4.78 is 54.4. The van der Waals surface area contributed by atoms with Crippen molar-refractivity contribution in [2.24, 2.45) is 0 Å². The van der Waals surface area contributed by atoms with Crippen molar-refractivity contribution in [3.8, 4) is 0 Å². The summed E-state index contributed by atoms with van der Waals surface area (Å²) in [6.45, 7) is 38.2. The first-order chi connectivity index (χ1) is 36.7. The molecule has 0 spiro atoms. The summed E-state index contributed by atoms with van der Waals surface area (Å²) in [6, 6.07) is 63.4. The Labute approximate surface area is 470 Å². The van der Waals surface area contributed by atoms with E-state index in [2.05, 4.69) is 293 Å². The van der Waals surface area contributed by atoms with E-state index in [4.69, 9.17) is 30.7 Å². The Balaban J connectivity index is 1.35. The molecule has 0 aromatic heterocycles. The Bertz CT molecular complexity index is 2210. The Morgan fingerprint density at radius 1 is 0.247 bits per heavy atom. The van der Waals surface area contributed by atoms with Gasteiger partial charge >= 0.3 is 34.2 Å². The highest BCUT2D eigenvalue weighted by atomic mass is 28.5. The lowest BCUT2D eigenvalue weighted by molar-refractivity contribution is -0.00892. The zero-order valence-corrected chi connectivity index (χ0v) is 53.6. The van der Waals surface area contributed by atoms with Gasteiger partial charge in [-0.3, -0.25) is 0 Å². The van der Waals surface area contributed by atoms with E-state index in [1.165, 1.54) is 0 Å². The van der Waals surface area contributed by atoms with Crippen LogP contribution in [0.5, 0.6) is 0 Å². The standard InChI is InChI=1S/C66H94O7Si4/c1-51(2)74(52(3)4,69-49-47-67-65(59-35-23-17-24-36-59,60-37-25-18-26-38-60)61-39-27-19-28-40-61)71-76(55(9)10,56(11)12)73-77(57(13)14,58(15)16)72-75(53(5)6,54(7)8)70-50-48-68-66(62-41-29-20-30-42-62,63-43-31-21-32-44-63)64-45-33-22-34-46-64/h17-46,51-58H,47-50H2,1-16H3. The summed E-state index contributed by atoms with van der Waals surface area (Å²) in [6.07, 6.45) is 0. The molecule has 0 saturated carbocycles. The molecule has 11 heteroatoms. The normalized spacial score (nSPS) is 13.4. The third-order valence-electron chi connectivity index (χ3n) is 15.9. The first kappa shape index (κ1) is 62.1. The molecule has 0 unspecified atom stereocenters. The molecule has 6 aromatic rings. The molecule has 0 radical (unpaired) electrons. The van der Waals surface area contributed by atoms with Crippen molar-refractivity contribution >= 4 is 34.2 Å². The zero-order valence-electron chi connectivity index (χ0n) is 49.6. The van der Waals surface area contributed by atoms with Gasteiger partial charge in [0.15, 0.2) is 0 Å². The van der Waals surface area contributed by atoms with Crippen molar-refractivity contribution in [1.82, 2.24) is 0 Å². The third kappa shape index (κ3) is 13.1. The maximum atomic E-state index is 8.33. The molecule has 6 rings (SSSR count). The highest BCUT2D eigenvalue weighted by Crippen LogP contribution is 2.52. The Morgan fingerprint density at radius 3 is 0.584 bits per heavy atom. The van der Waals surface area contributed by atoms with E-state index in [9.17, 15) is 0 Å². The number of ether oxygens (including phenoxy) is 2. The molecule has 6 aromatic carbocycles. The van der Waals surface area contributed by atoms with Crippen LogP contribution in [0.3, 0.4) is 0 Å². The van der Waals surface area contributed by atoms with Crippen molar-refractivity contribution in [3.63, 3.8) is 0 Å². The van der Waals surface area contributed by atoms with Crippen LogP contribution >= 0.6 is 0 Å². The summed E-state index contributed by atoms with van der Waals surface area (Å²) >= 11 is 0. The second kappa shape index (κ2) is 27.4. The minimum absolute atomic E-state index is 0.0761. The molecule has 0 aliphatic carbocycles. The van der Waals surface area contributed by atoms with Gasteiger partial charge in [0.2, 0.25) is 0 Å². The Morgan fingerprint density at radius 2 is 0.416 bits per heavy atom. The number of rotatable bonds is 30. The topological polar surface area (TPSA) is 64.6 Å². The Kier molecular flexibility index (Phi) is 22.1. The van der Waals surface area contributed by atoms with Gasteiger partial charge < -0.3 is 30.7 Å². The lowest BCUT2D eigenvalue weighted by Gasteiger charge is -2.55. The third-order valence-corrected chi connectivity index (χ3v) is 37.8. The average molecular weight is 1110 g/mol. The van der Waals surface area contributed by atoms with Gasteiger partial charge in [-0.25, -0.2) is 0 Å². The van der Waals surface area contributed by atoms with E-state index in [-0.39, 0.29) is 44.3 Å². The summed E-state index contributed by atoms with van der Waals surface area (Å²) in [5.41, 5.74) is 5.35. The van der Waals surface area contributed by atoms with E-state index in [0.717, 1.165) is 33.4 Å². The predicted molar refractivity (Wildman–Crippen MR) is 329 cm³/mol. The van der Waals surface area contributed by atoms with Gasteiger partial charge in [-0.2, -0.15) is 0 Å². The van der Waals surface area contributed by atoms with Crippen molar-refractivity contribution in [3.05, 3.63) is 215 Å². The SMILES string of the molecule is CC(C)[Si](OCCOC(c1ccccc1)(c1ccccc1)c1ccccc1)(O[Si](O[Si](O[Si](OCCOC(c1ccccc1)(c1ccccc1)c1ccccc1)(C(C)C)C(C)C)(C(C)C)C(C)C)(C(C)C)C(C)C)C(C)C. The smallest absolute Gasteiger partial charge is 0.334 e. The molecule has 0 fully saturated rings. The minimum Gasteiger partial charge on any atom is -0.415 e. The number of hydrogen-bond acceptors (Lipinski definition) is 7. The van der Waals surface area contributed by atoms with Gasteiger partial charge in [0, 0.05) is 0 Å². The molecule has 0 heterocycles. The van der Waals surface area contributed by atoms with Crippen LogP contribution in [0, 0.1) is 0 Å². The largest absolute Gasteiger partial charge is 0.415 e. The first-order valence-electron chi connectivity index (χ1n) is 28.7. The molecule has 0 atom stereocenters. The van der Waals surface area contributed by atoms with Gasteiger partial charge in [-0.1, -0.05) is 293 Å². The highest BCUT2D eigenvalue weighted by Gasteiger charge is 2.64. The molecule has 0 aliphatic rings. The second-order valence-electron chi connectivity index (χ2n) is 23.4. The van der Waals surface area contributed by atoms with Gasteiger partial charge in [-0.05, 0) is 77.7 Å². The quantitative estimate of drug-likeness (QED) is 0.0253. The van der Waals surface area contributed by atoms with Crippen LogP contribution in [0.1, 0.15) is 144 Å². The average Bonchev–Trinajstić information content (AvgIpc) is 3.42. The van der Waals surface area contributed by atoms with Gasteiger partial charge in [0.1, 0.15) is 11.2 Å². The summed E-state index contributed by atoms with van der Waals surface area (Å²) in [4.78, 5) is 0. The predicted octanol–water partition coefficient (Wildman–Crippen LogP) is 18.1. The molecule has 0 bridgehead atoms. The van der Waals surface area contributed by atoms with Crippen LogP contribution in [-0.2, 0) is 41.9 Å². The summed E-state index contributed by atoms with van der Waals surface area (Å²) in [5.74, 6) is 0. The van der Waals surface area contributed by atoms with Crippen molar-refractivity contribution in [2.75, 3.05) is 26.4 Å². The first-order valence-corrected chi connectivity index (χ1v) is 36.6. The molecular weight excluding hydrogens is 1020 g/mol. The maximum absolute atomic E-state index is 8.33. The molecule has 77 heavy (non-hydrogen) atoms. The number of hydrogen-bond donors (Lipinski definition) is 0. The van der Waals surface area contributed by atoms with Crippen LogP contribution in [0.2, 0.25) is 44.3 Å². The Hall–Kier alpha value is -4.09. The van der Waals surface area contributed by atoms with E-state index < -0.39 is 45.4 Å². The molecule has 416 valence electrons. The fraction of sp³-hybridized carbons (Fsp3) is 0.455. The van der Waals surface area contributed by atoms with Crippen molar-refractivity contribution in [2.45, 2.75) is 166 Å². The lowest BCUT2D eigenvalue weighted by Crippen LogP contribution is -2.69. The van der Waals surface area contributed by atoms with E-state index in [0.29, 0.717) is 26.4 Å². The highest BCUT2D eigenvalue weighted by molar-refractivity contribution is 6.92.